The second-order valence-electron chi connectivity index (χ2n) is 7.16. The molecule has 2 aromatic rings. The number of hydrogen-bond donors (Lipinski definition) is 2. The molecule has 0 atom stereocenters. The highest BCUT2D eigenvalue weighted by Crippen LogP contribution is 2.30. The Bertz CT molecular complexity index is 774. The minimum atomic E-state index is 0.499. The molecule has 2 N–H and O–H groups in total. The fraction of sp³-hybridized carbons (Fsp3) is 0.524. The van der Waals surface area contributed by atoms with Crippen molar-refractivity contribution in [2.75, 3.05) is 13.2 Å². The first-order chi connectivity index (χ1) is 13.0. The van der Waals surface area contributed by atoms with Crippen LogP contribution in [-0.4, -0.2) is 24.1 Å². The number of benzene rings is 1. The van der Waals surface area contributed by atoms with E-state index in [1.165, 1.54) is 18.4 Å². The average Bonchev–Trinajstić information content (AvgIpc) is 3.41. The van der Waals surface area contributed by atoms with E-state index in [-0.39, 0.29) is 0 Å². The van der Waals surface area contributed by atoms with Crippen molar-refractivity contribution in [3.8, 4) is 5.75 Å². The van der Waals surface area contributed by atoms with Crippen molar-refractivity contribution in [3.63, 3.8) is 0 Å². The van der Waals surface area contributed by atoms with Gasteiger partial charge in [-0.05, 0) is 58.1 Å². The smallest absolute Gasteiger partial charge is 0.214 e. The lowest BCUT2D eigenvalue weighted by molar-refractivity contribution is 0.296. The summed E-state index contributed by atoms with van der Waals surface area (Å²) in [5, 5.41) is 6.54. The van der Waals surface area contributed by atoms with Gasteiger partial charge in [0, 0.05) is 12.1 Å². The molecule has 0 radical (unpaired) electrons. The van der Waals surface area contributed by atoms with Gasteiger partial charge in [-0.15, -0.1) is 0 Å². The second kappa shape index (κ2) is 8.93. The summed E-state index contributed by atoms with van der Waals surface area (Å²) in [7, 11) is 0. The van der Waals surface area contributed by atoms with Crippen LogP contribution in [0.3, 0.4) is 0 Å². The average molecular weight is 370 g/mol. The molecule has 0 saturated heterocycles. The first kappa shape index (κ1) is 19.3. The second-order valence-corrected chi connectivity index (χ2v) is 7.16. The van der Waals surface area contributed by atoms with Gasteiger partial charge in [0.15, 0.2) is 5.96 Å². The zero-order valence-corrected chi connectivity index (χ0v) is 16.8. The Kier molecular flexibility index (Phi) is 6.37. The van der Waals surface area contributed by atoms with Crippen molar-refractivity contribution < 1.29 is 9.15 Å². The molecule has 0 bridgehead atoms. The Morgan fingerprint density at radius 1 is 1.26 bits per heavy atom. The molecular weight excluding hydrogens is 340 g/mol. The van der Waals surface area contributed by atoms with Gasteiger partial charge in [-0.1, -0.05) is 12.1 Å². The van der Waals surface area contributed by atoms with Gasteiger partial charge in [-0.3, -0.25) is 0 Å². The summed E-state index contributed by atoms with van der Waals surface area (Å²) in [5.41, 5.74) is 3.22. The van der Waals surface area contributed by atoms with E-state index in [4.69, 9.17) is 14.1 Å². The predicted octanol–water partition coefficient (Wildman–Crippen LogP) is 3.64. The van der Waals surface area contributed by atoms with E-state index >= 15 is 0 Å². The van der Waals surface area contributed by atoms with Crippen molar-refractivity contribution >= 4 is 5.96 Å². The molecule has 27 heavy (non-hydrogen) atoms. The number of nitrogens with zero attached hydrogens (tertiary/aromatic N) is 2. The van der Waals surface area contributed by atoms with E-state index in [0.717, 1.165) is 47.8 Å². The molecule has 1 fully saturated rings. The van der Waals surface area contributed by atoms with Crippen LogP contribution in [0.4, 0.5) is 0 Å². The molecule has 3 rings (SSSR count). The number of aromatic nitrogens is 1. The summed E-state index contributed by atoms with van der Waals surface area (Å²) in [6.07, 6.45) is 2.57. The van der Waals surface area contributed by atoms with Crippen LogP contribution >= 0.6 is 0 Å². The Hall–Kier alpha value is -2.50. The highest BCUT2D eigenvalue weighted by Gasteiger charge is 2.22. The van der Waals surface area contributed by atoms with E-state index in [0.29, 0.717) is 19.0 Å². The fourth-order valence-corrected chi connectivity index (χ4v) is 2.70. The maximum absolute atomic E-state index is 6.04. The molecule has 1 saturated carbocycles. The zero-order chi connectivity index (χ0) is 19.2. The Morgan fingerprint density at radius 3 is 2.74 bits per heavy atom. The standard InChI is InChI=1S/C21H30N4O2/c1-5-22-21(24-12-20-25-15(3)16(4)27-20)23-11-18-9-6-14(2)10-19(18)26-13-17-7-8-17/h6,9-10,17H,5,7-8,11-13H2,1-4H3,(H2,22,23,24). The lowest BCUT2D eigenvalue weighted by Gasteiger charge is -2.13. The van der Waals surface area contributed by atoms with Crippen LogP contribution < -0.4 is 15.4 Å². The molecule has 6 nitrogen and oxygen atoms in total. The number of hydrogen-bond acceptors (Lipinski definition) is 4. The van der Waals surface area contributed by atoms with Crippen molar-refractivity contribution in [2.24, 2.45) is 10.9 Å². The fourth-order valence-electron chi connectivity index (χ4n) is 2.70. The van der Waals surface area contributed by atoms with Gasteiger partial charge in [0.2, 0.25) is 5.89 Å². The number of aliphatic imine (C=N–C) groups is 1. The molecule has 0 spiro atoms. The van der Waals surface area contributed by atoms with E-state index in [1.807, 2.05) is 20.8 Å². The molecule has 1 aromatic heterocycles. The maximum atomic E-state index is 6.04. The molecule has 1 aliphatic rings. The summed E-state index contributed by atoms with van der Waals surface area (Å²) < 4.78 is 11.7. The number of aryl methyl sites for hydroxylation is 3. The van der Waals surface area contributed by atoms with Gasteiger partial charge in [0.25, 0.3) is 0 Å². The first-order valence-corrected chi connectivity index (χ1v) is 9.72. The SMILES string of the molecule is CCNC(=NCc1ccc(C)cc1OCC1CC1)NCc1nc(C)c(C)o1. The Morgan fingerprint density at radius 2 is 2.07 bits per heavy atom. The summed E-state index contributed by atoms with van der Waals surface area (Å²) in [6.45, 7) is 10.7. The van der Waals surface area contributed by atoms with Crippen molar-refractivity contribution in [2.45, 2.75) is 53.6 Å². The van der Waals surface area contributed by atoms with Crippen LogP contribution in [0.5, 0.6) is 5.75 Å². The normalized spacial score (nSPS) is 14.3. The number of oxazole rings is 1. The van der Waals surface area contributed by atoms with Crippen LogP contribution in [0.2, 0.25) is 0 Å². The quantitative estimate of drug-likeness (QED) is 0.548. The van der Waals surface area contributed by atoms with Crippen molar-refractivity contribution in [3.05, 3.63) is 46.7 Å². The molecule has 1 aromatic carbocycles. The van der Waals surface area contributed by atoms with Crippen LogP contribution in [0.1, 0.15) is 48.2 Å². The van der Waals surface area contributed by atoms with E-state index in [1.54, 1.807) is 0 Å². The zero-order valence-electron chi connectivity index (χ0n) is 16.8. The highest BCUT2D eigenvalue weighted by molar-refractivity contribution is 5.79. The van der Waals surface area contributed by atoms with Gasteiger partial charge in [0.05, 0.1) is 25.4 Å². The molecule has 1 heterocycles. The molecule has 1 aliphatic carbocycles. The molecule has 0 unspecified atom stereocenters. The Labute approximate surface area is 161 Å². The number of guanidine groups is 1. The lowest BCUT2D eigenvalue weighted by Crippen LogP contribution is -2.36. The highest BCUT2D eigenvalue weighted by atomic mass is 16.5. The van der Waals surface area contributed by atoms with Gasteiger partial charge < -0.3 is 19.8 Å². The summed E-state index contributed by atoms with van der Waals surface area (Å²) in [4.78, 5) is 9.11. The molecule has 146 valence electrons. The minimum Gasteiger partial charge on any atom is -0.493 e. The van der Waals surface area contributed by atoms with Gasteiger partial charge in [-0.2, -0.15) is 0 Å². The van der Waals surface area contributed by atoms with Crippen LogP contribution in [0.15, 0.2) is 27.6 Å². The van der Waals surface area contributed by atoms with E-state index in [2.05, 4.69) is 40.7 Å². The molecule has 0 amide bonds. The summed E-state index contributed by atoms with van der Waals surface area (Å²) in [6, 6.07) is 6.31. The van der Waals surface area contributed by atoms with Crippen molar-refractivity contribution in [1.82, 2.24) is 15.6 Å². The molecular formula is C21H30N4O2. The molecule has 0 aliphatic heterocycles. The van der Waals surface area contributed by atoms with Gasteiger partial charge >= 0.3 is 0 Å². The third kappa shape index (κ3) is 5.74. The van der Waals surface area contributed by atoms with Crippen LogP contribution in [0, 0.1) is 26.7 Å². The third-order valence-electron chi connectivity index (χ3n) is 4.63. The largest absolute Gasteiger partial charge is 0.493 e. The summed E-state index contributed by atoms with van der Waals surface area (Å²) in [5.74, 6) is 3.93. The third-order valence-corrected chi connectivity index (χ3v) is 4.63. The van der Waals surface area contributed by atoms with Gasteiger partial charge in [-0.25, -0.2) is 9.98 Å². The van der Waals surface area contributed by atoms with E-state index < -0.39 is 0 Å². The molecule has 6 heteroatoms. The Balaban J connectivity index is 1.64. The van der Waals surface area contributed by atoms with Crippen molar-refractivity contribution in [1.29, 1.82) is 0 Å². The monoisotopic (exact) mass is 370 g/mol. The van der Waals surface area contributed by atoms with Gasteiger partial charge in [0.1, 0.15) is 11.5 Å². The number of ether oxygens (including phenoxy) is 1. The van der Waals surface area contributed by atoms with E-state index in [9.17, 15) is 0 Å². The maximum Gasteiger partial charge on any atom is 0.214 e. The number of nitrogens with one attached hydrogen (secondary N) is 2. The minimum absolute atomic E-state index is 0.499. The number of rotatable bonds is 8. The lowest BCUT2D eigenvalue weighted by atomic mass is 10.1. The topological polar surface area (TPSA) is 71.7 Å². The predicted molar refractivity (Wildman–Crippen MR) is 107 cm³/mol. The van der Waals surface area contributed by atoms with Crippen LogP contribution in [-0.2, 0) is 13.1 Å². The van der Waals surface area contributed by atoms with Crippen LogP contribution in [0.25, 0.3) is 0 Å². The first-order valence-electron chi connectivity index (χ1n) is 9.72. The summed E-state index contributed by atoms with van der Waals surface area (Å²) >= 11 is 0.